The Bertz CT molecular complexity index is 499. The molecular formula is C17H26ClN2O2+. The van der Waals surface area contributed by atoms with Crippen LogP contribution in [0.15, 0.2) is 18.2 Å². The molecule has 1 aromatic rings. The summed E-state index contributed by atoms with van der Waals surface area (Å²) >= 11 is 5.97. The number of carbonyl (C=O) groups excluding carboxylic acids is 1. The van der Waals surface area contributed by atoms with Crippen molar-refractivity contribution >= 4 is 17.5 Å². The van der Waals surface area contributed by atoms with Gasteiger partial charge in [0.25, 0.3) is 5.91 Å². The molecule has 122 valence electrons. The van der Waals surface area contributed by atoms with Gasteiger partial charge in [0, 0.05) is 23.9 Å². The summed E-state index contributed by atoms with van der Waals surface area (Å²) in [6.45, 7) is 7.73. The zero-order valence-electron chi connectivity index (χ0n) is 13.5. The predicted octanol–water partition coefficient (Wildman–Crippen LogP) is 1.60. The van der Waals surface area contributed by atoms with Crippen LogP contribution < -0.4 is 15.0 Å². The van der Waals surface area contributed by atoms with Gasteiger partial charge in [-0.1, -0.05) is 18.5 Å². The van der Waals surface area contributed by atoms with Crippen LogP contribution in [0.1, 0.15) is 31.7 Å². The molecule has 4 nitrogen and oxygen atoms in total. The Morgan fingerprint density at radius 1 is 1.41 bits per heavy atom. The van der Waals surface area contributed by atoms with Crippen molar-refractivity contribution in [3.63, 3.8) is 0 Å². The van der Waals surface area contributed by atoms with Gasteiger partial charge >= 0.3 is 0 Å². The topological polar surface area (TPSA) is 42.8 Å². The lowest BCUT2D eigenvalue weighted by Crippen LogP contribution is -3.13. The summed E-state index contributed by atoms with van der Waals surface area (Å²) in [5, 5.41) is 3.78. The molecule has 1 aliphatic rings. The number of benzene rings is 1. The molecule has 0 bridgehead atoms. The third-order valence-corrected chi connectivity index (χ3v) is 4.58. The van der Waals surface area contributed by atoms with E-state index in [1.54, 1.807) is 17.0 Å². The van der Waals surface area contributed by atoms with Crippen molar-refractivity contribution in [1.82, 2.24) is 5.32 Å². The van der Waals surface area contributed by atoms with E-state index in [1.165, 1.54) is 13.0 Å². The first-order chi connectivity index (χ1) is 10.6. The van der Waals surface area contributed by atoms with Gasteiger partial charge in [0.15, 0.2) is 6.61 Å². The average molecular weight is 326 g/mol. The fourth-order valence-corrected chi connectivity index (χ4v) is 3.02. The molecule has 0 spiro atoms. The number of likely N-dealkylation sites (tertiary alicyclic amines) is 1. The molecule has 1 fully saturated rings. The van der Waals surface area contributed by atoms with E-state index in [1.807, 2.05) is 13.0 Å². The number of quaternary nitrogens is 1. The molecular weight excluding hydrogens is 300 g/mol. The van der Waals surface area contributed by atoms with Gasteiger partial charge in [0.05, 0.1) is 19.6 Å². The second kappa shape index (κ2) is 8.39. The minimum Gasteiger partial charge on any atom is -0.484 e. The standard InChI is InChI=1S/C17H25ClN2O2/c1-3-8-20-9-6-14(7-10-20)19-17(21)12-22-15-4-5-16(18)13(2)11-15/h4-5,11,14H,3,6-10,12H2,1-2H3,(H,19,21)/p+1. The molecule has 0 unspecified atom stereocenters. The monoisotopic (exact) mass is 325 g/mol. The molecule has 1 saturated heterocycles. The fourth-order valence-electron chi connectivity index (χ4n) is 2.90. The Labute approximate surface area is 137 Å². The van der Waals surface area contributed by atoms with Gasteiger partial charge < -0.3 is 15.0 Å². The summed E-state index contributed by atoms with van der Waals surface area (Å²) in [5.41, 5.74) is 0.950. The maximum Gasteiger partial charge on any atom is 0.258 e. The Kier molecular flexibility index (Phi) is 6.52. The van der Waals surface area contributed by atoms with E-state index in [4.69, 9.17) is 16.3 Å². The quantitative estimate of drug-likeness (QED) is 0.834. The zero-order chi connectivity index (χ0) is 15.9. The van der Waals surface area contributed by atoms with E-state index >= 15 is 0 Å². The van der Waals surface area contributed by atoms with E-state index in [0.29, 0.717) is 16.8 Å². The van der Waals surface area contributed by atoms with E-state index in [-0.39, 0.29) is 12.5 Å². The number of piperidine rings is 1. The Morgan fingerprint density at radius 2 is 2.14 bits per heavy atom. The van der Waals surface area contributed by atoms with Crippen molar-refractivity contribution in [2.75, 3.05) is 26.2 Å². The summed E-state index contributed by atoms with van der Waals surface area (Å²) in [6, 6.07) is 5.72. The van der Waals surface area contributed by atoms with Crippen LogP contribution in [0.2, 0.25) is 5.02 Å². The van der Waals surface area contributed by atoms with Gasteiger partial charge in [-0.05, 0) is 37.1 Å². The number of hydrogen-bond acceptors (Lipinski definition) is 2. The highest BCUT2D eigenvalue weighted by molar-refractivity contribution is 6.31. The molecule has 0 aliphatic carbocycles. The SMILES string of the molecule is CCC[NH+]1CCC(NC(=O)COc2ccc(Cl)c(C)c2)CC1. The molecule has 1 heterocycles. The highest BCUT2D eigenvalue weighted by atomic mass is 35.5. The lowest BCUT2D eigenvalue weighted by atomic mass is 10.0. The van der Waals surface area contributed by atoms with Gasteiger partial charge in [0.2, 0.25) is 0 Å². The van der Waals surface area contributed by atoms with Crippen LogP contribution in [0.3, 0.4) is 0 Å². The Hall–Kier alpha value is -1.26. The minimum absolute atomic E-state index is 0.0449. The lowest BCUT2D eigenvalue weighted by molar-refractivity contribution is -0.905. The molecule has 0 saturated carbocycles. The molecule has 2 N–H and O–H groups in total. The van der Waals surface area contributed by atoms with Crippen molar-refractivity contribution in [1.29, 1.82) is 0 Å². The van der Waals surface area contributed by atoms with Crippen LogP contribution in [0.4, 0.5) is 0 Å². The molecule has 0 radical (unpaired) electrons. The smallest absolute Gasteiger partial charge is 0.258 e. The number of carbonyl (C=O) groups is 1. The number of amides is 1. The van der Waals surface area contributed by atoms with E-state index in [0.717, 1.165) is 31.5 Å². The molecule has 1 aliphatic heterocycles. The summed E-state index contributed by atoms with van der Waals surface area (Å²) < 4.78 is 5.53. The average Bonchev–Trinajstić information content (AvgIpc) is 2.51. The first-order valence-corrected chi connectivity index (χ1v) is 8.48. The van der Waals surface area contributed by atoms with E-state index in [9.17, 15) is 4.79 Å². The third kappa shape index (κ3) is 5.18. The van der Waals surface area contributed by atoms with Crippen molar-refractivity contribution < 1.29 is 14.4 Å². The summed E-state index contributed by atoms with van der Waals surface area (Å²) in [5.74, 6) is 0.635. The van der Waals surface area contributed by atoms with Crippen molar-refractivity contribution in [3.8, 4) is 5.75 Å². The normalized spacial score (nSPS) is 21.4. The Balaban J connectivity index is 1.71. The van der Waals surface area contributed by atoms with Gasteiger partial charge in [0.1, 0.15) is 5.75 Å². The van der Waals surface area contributed by atoms with Crippen LogP contribution in [0, 0.1) is 6.92 Å². The largest absolute Gasteiger partial charge is 0.484 e. The van der Waals surface area contributed by atoms with Crippen molar-refractivity contribution in [3.05, 3.63) is 28.8 Å². The number of aryl methyl sites for hydroxylation is 1. The second-order valence-corrected chi connectivity index (χ2v) is 6.45. The maximum atomic E-state index is 12.0. The third-order valence-electron chi connectivity index (χ3n) is 4.16. The van der Waals surface area contributed by atoms with Crippen LogP contribution >= 0.6 is 11.6 Å². The Morgan fingerprint density at radius 3 is 2.77 bits per heavy atom. The summed E-state index contributed by atoms with van der Waals surface area (Å²) in [7, 11) is 0. The van der Waals surface area contributed by atoms with Gasteiger partial charge in [-0.15, -0.1) is 0 Å². The molecule has 0 aromatic heterocycles. The predicted molar refractivity (Wildman–Crippen MR) is 88.7 cm³/mol. The second-order valence-electron chi connectivity index (χ2n) is 6.04. The van der Waals surface area contributed by atoms with Gasteiger partial charge in [-0.3, -0.25) is 4.79 Å². The van der Waals surface area contributed by atoms with Crippen LogP contribution in [0.25, 0.3) is 0 Å². The number of halogens is 1. The summed E-state index contributed by atoms with van der Waals surface area (Å²) in [6.07, 6.45) is 3.34. The number of rotatable bonds is 6. The number of ether oxygens (including phenoxy) is 1. The van der Waals surface area contributed by atoms with Crippen molar-refractivity contribution in [2.24, 2.45) is 0 Å². The first kappa shape index (κ1) is 17.1. The van der Waals surface area contributed by atoms with Crippen LogP contribution in [-0.4, -0.2) is 38.2 Å². The first-order valence-electron chi connectivity index (χ1n) is 8.10. The molecule has 1 amide bonds. The van der Waals surface area contributed by atoms with E-state index < -0.39 is 0 Å². The minimum atomic E-state index is -0.0449. The number of nitrogens with one attached hydrogen (secondary N) is 2. The highest BCUT2D eigenvalue weighted by Gasteiger charge is 2.22. The van der Waals surface area contributed by atoms with Gasteiger partial charge in [-0.2, -0.15) is 0 Å². The maximum absolute atomic E-state index is 12.0. The van der Waals surface area contributed by atoms with Gasteiger partial charge in [-0.25, -0.2) is 0 Å². The summed E-state index contributed by atoms with van der Waals surface area (Å²) in [4.78, 5) is 13.6. The lowest BCUT2D eigenvalue weighted by Gasteiger charge is -2.29. The van der Waals surface area contributed by atoms with E-state index in [2.05, 4.69) is 12.2 Å². The van der Waals surface area contributed by atoms with Crippen molar-refractivity contribution in [2.45, 2.75) is 39.2 Å². The molecule has 1 aromatic carbocycles. The van der Waals surface area contributed by atoms with Crippen LogP contribution in [0.5, 0.6) is 5.75 Å². The van der Waals surface area contributed by atoms with Crippen LogP contribution in [-0.2, 0) is 4.79 Å². The molecule has 2 rings (SSSR count). The molecule has 22 heavy (non-hydrogen) atoms. The zero-order valence-corrected chi connectivity index (χ0v) is 14.2. The molecule has 5 heteroatoms. The molecule has 0 atom stereocenters. The highest BCUT2D eigenvalue weighted by Crippen LogP contribution is 2.20. The fraction of sp³-hybridized carbons (Fsp3) is 0.588. The number of hydrogen-bond donors (Lipinski definition) is 2.